The van der Waals surface area contributed by atoms with E-state index in [-0.39, 0.29) is 19.0 Å². The molecule has 0 spiro atoms. The summed E-state index contributed by atoms with van der Waals surface area (Å²) in [6.45, 7) is 6.05. The van der Waals surface area contributed by atoms with Gasteiger partial charge in [0.2, 0.25) is 0 Å². The summed E-state index contributed by atoms with van der Waals surface area (Å²) < 4.78 is 7.60. The van der Waals surface area contributed by atoms with Gasteiger partial charge in [-0.3, -0.25) is 4.79 Å². The van der Waals surface area contributed by atoms with Crippen molar-refractivity contribution in [2.24, 2.45) is 0 Å². The molecule has 26 heavy (non-hydrogen) atoms. The molecule has 2 aromatic rings. The van der Waals surface area contributed by atoms with Crippen LogP contribution in [0.5, 0.6) is 5.75 Å². The maximum atomic E-state index is 13.1. The van der Waals surface area contributed by atoms with Gasteiger partial charge in [-0.2, -0.15) is 0 Å². The van der Waals surface area contributed by atoms with Gasteiger partial charge in [-0.1, -0.05) is 6.07 Å². The summed E-state index contributed by atoms with van der Waals surface area (Å²) in [4.78, 5) is 26.1. The van der Waals surface area contributed by atoms with Crippen LogP contribution in [-0.4, -0.2) is 48.8 Å². The summed E-state index contributed by atoms with van der Waals surface area (Å²) in [5.74, 6) is 0.578. The predicted molar refractivity (Wildman–Crippen MR) is 90.8 cm³/mol. The van der Waals surface area contributed by atoms with Crippen molar-refractivity contribution in [1.29, 1.82) is 0 Å². The Hall–Kier alpha value is -2.90. The van der Waals surface area contributed by atoms with Gasteiger partial charge < -0.3 is 19.3 Å². The number of aliphatic carboxylic acids is 1. The number of carboxylic acids is 1. The van der Waals surface area contributed by atoms with E-state index in [9.17, 15) is 14.7 Å². The Balaban J connectivity index is 1.60. The number of fused-ring (bicyclic) bond motifs is 2. The molecule has 0 saturated carbocycles. The number of ether oxygens (including phenoxy) is 1. The molecule has 136 valence electrons. The maximum Gasteiger partial charge on any atom is 0.328 e. The summed E-state index contributed by atoms with van der Waals surface area (Å²) in [7, 11) is 0. The molecule has 3 heterocycles. The smallest absolute Gasteiger partial charge is 0.328 e. The van der Waals surface area contributed by atoms with Crippen molar-refractivity contribution in [3.05, 3.63) is 40.5 Å². The third-order valence-corrected chi connectivity index (χ3v) is 5.25. The number of aryl methyl sites for hydroxylation is 3. The molecule has 0 fully saturated rings. The highest BCUT2D eigenvalue weighted by Crippen LogP contribution is 2.33. The van der Waals surface area contributed by atoms with E-state index in [1.54, 1.807) is 11.5 Å². The highest BCUT2D eigenvalue weighted by atomic mass is 16.5. The molecule has 0 aliphatic carbocycles. The van der Waals surface area contributed by atoms with Crippen LogP contribution in [-0.2, 0) is 29.1 Å². The first-order valence-electron chi connectivity index (χ1n) is 8.54. The molecular weight excluding hydrogens is 336 g/mol. The minimum Gasteiger partial charge on any atom is -0.480 e. The zero-order valence-electron chi connectivity index (χ0n) is 14.9. The molecular formula is C18H20N4O4. The van der Waals surface area contributed by atoms with Gasteiger partial charge in [-0.15, -0.1) is 10.2 Å². The Bertz CT molecular complexity index is 889. The zero-order chi connectivity index (χ0) is 18.6. The predicted octanol–water partition coefficient (Wildman–Crippen LogP) is 1.00. The first kappa shape index (κ1) is 16.6. The van der Waals surface area contributed by atoms with Crippen LogP contribution in [0.1, 0.15) is 28.3 Å². The van der Waals surface area contributed by atoms with Crippen molar-refractivity contribution in [1.82, 2.24) is 19.7 Å². The van der Waals surface area contributed by atoms with Gasteiger partial charge in [0.25, 0.3) is 5.91 Å². The molecule has 1 amide bonds. The van der Waals surface area contributed by atoms with Gasteiger partial charge in [-0.05, 0) is 43.5 Å². The van der Waals surface area contributed by atoms with Gasteiger partial charge in [0.15, 0.2) is 11.9 Å². The summed E-state index contributed by atoms with van der Waals surface area (Å²) in [5.41, 5.74) is 3.22. The van der Waals surface area contributed by atoms with E-state index in [0.29, 0.717) is 23.8 Å². The summed E-state index contributed by atoms with van der Waals surface area (Å²) in [6.07, 6.45) is -0.257. The second-order valence-electron chi connectivity index (χ2n) is 6.95. The van der Waals surface area contributed by atoms with Crippen LogP contribution in [0.2, 0.25) is 0 Å². The Morgan fingerprint density at radius 1 is 1.19 bits per heavy atom. The van der Waals surface area contributed by atoms with Gasteiger partial charge in [0, 0.05) is 6.42 Å². The Morgan fingerprint density at radius 2 is 1.92 bits per heavy atom. The average molecular weight is 356 g/mol. The number of aromatic nitrogens is 3. The van der Waals surface area contributed by atoms with E-state index in [1.165, 1.54) is 4.90 Å². The number of rotatable bonds is 2. The molecule has 0 saturated heterocycles. The Kier molecular flexibility index (Phi) is 3.71. The van der Waals surface area contributed by atoms with E-state index in [4.69, 9.17) is 4.74 Å². The Morgan fingerprint density at radius 3 is 2.65 bits per heavy atom. The van der Waals surface area contributed by atoms with Crippen molar-refractivity contribution in [3.8, 4) is 5.75 Å². The Labute approximate surface area is 150 Å². The molecule has 4 rings (SSSR count). The molecule has 2 aliphatic rings. The molecule has 0 bridgehead atoms. The quantitative estimate of drug-likeness (QED) is 0.862. The molecule has 8 heteroatoms. The van der Waals surface area contributed by atoms with Gasteiger partial charge in [0.05, 0.1) is 13.1 Å². The summed E-state index contributed by atoms with van der Waals surface area (Å²) in [5, 5.41) is 17.7. The lowest BCUT2D eigenvalue weighted by atomic mass is 10.0. The zero-order valence-corrected chi connectivity index (χ0v) is 14.9. The third-order valence-electron chi connectivity index (χ3n) is 5.25. The molecule has 1 aromatic heterocycles. The monoisotopic (exact) mass is 356 g/mol. The first-order chi connectivity index (χ1) is 12.3. The number of nitrogens with zero attached hydrogens (tertiary/aromatic N) is 4. The number of carbonyl (C=O) groups excluding carboxylic acids is 1. The van der Waals surface area contributed by atoms with Gasteiger partial charge in [0.1, 0.15) is 17.6 Å². The molecule has 0 radical (unpaired) electrons. The molecule has 1 aromatic carbocycles. The minimum absolute atomic E-state index is 0.116. The van der Waals surface area contributed by atoms with E-state index in [0.717, 1.165) is 16.7 Å². The van der Waals surface area contributed by atoms with Crippen LogP contribution in [0.25, 0.3) is 0 Å². The van der Waals surface area contributed by atoms with Crippen molar-refractivity contribution < 1.29 is 19.4 Å². The molecule has 2 unspecified atom stereocenters. The van der Waals surface area contributed by atoms with E-state index >= 15 is 0 Å². The fourth-order valence-corrected chi connectivity index (χ4v) is 3.59. The lowest BCUT2D eigenvalue weighted by molar-refractivity contribution is -0.155. The molecule has 2 atom stereocenters. The van der Waals surface area contributed by atoms with Gasteiger partial charge in [-0.25, -0.2) is 4.79 Å². The van der Waals surface area contributed by atoms with E-state index in [1.807, 2.05) is 26.0 Å². The van der Waals surface area contributed by atoms with Crippen molar-refractivity contribution in [3.63, 3.8) is 0 Å². The van der Waals surface area contributed by atoms with E-state index < -0.39 is 18.1 Å². The number of amides is 1. The van der Waals surface area contributed by atoms with Crippen LogP contribution in [0.3, 0.4) is 0 Å². The normalized spacial score (nSPS) is 21.1. The standard InChI is InChI=1S/C18H20N4O4/c1-9-4-12-6-15(26-14(12)5-10(9)2)17(23)22-8-16-20-19-11(3)21(16)7-13(22)18(24)25/h4-5,13,15H,6-8H2,1-3H3,(H,24,25). The SMILES string of the molecule is Cc1cc2c(cc1C)OC(C(=O)N1Cc3nnc(C)n3CC1C(=O)O)C2. The fraction of sp³-hybridized carbons (Fsp3) is 0.444. The van der Waals surface area contributed by atoms with Crippen molar-refractivity contribution in [2.45, 2.75) is 52.4 Å². The average Bonchev–Trinajstić information content (AvgIpc) is 3.17. The van der Waals surface area contributed by atoms with Gasteiger partial charge >= 0.3 is 5.97 Å². The summed E-state index contributed by atoms with van der Waals surface area (Å²) in [6, 6.07) is 3.01. The maximum absolute atomic E-state index is 13.1. The lowest BCUT2D eigenvalue weighted by Crippen LogP contribution is -2.54. The topological polar surface area (TPSA) is 97.5 Å². The summed E-state index contributed by atoms with van der Waals surface area (Å²) >= 11 is 0. The number of hydrogen-bond acceptors (Lipinski definition) is 5. The van der Waals surface area contributed by atoms with Crippen LogP contribution in [0.15, 0.2) is 12.1 Å². The van der Waals surface area contributed by atoms with Crippen LogP contribution >= 0.6 is 0 Å². The van der Waals surface area contributed by atoms with Crippen LogP contribution in [0, 0.1) is 20.8 Å². The number of hydrogen-bond donors (Lipinski definition) is 1. The molecule has 2 aliphatic heterocycles. The first-order valence-corrected chi connectivity index (χ1v) is 8.54. The molecule has 8 nitrogen and oxygen atoms in total. The van der Waals surface area contributed by atoms with E-state index in [2.05, 4.69) is 10.2 Å². The minimum atomic E-state index is -1.04. The highest BCUT2D eigenvalue weighted by molar-refractivity contribution is 5.87. The number of carboxylic acid groups (broad SMARTS) is 1. The fourth-order valence-electron chi connectivity index (χ4n) is 3.59. The van der Waals surface area contributed by atoms with Crippen molar-refractivity contribution >= 4 is 11.9 Å². The highest BCUT2D eigenvalue weighted by Gasteiger charge is 2.41. The van der Waals surface area contributed by atoms with Crippen LogP contribution in [0.4, 0.5) is 0 Å². The van der Waals surface area contributed by atoms with Crippen molar-refractivity contribution in [2.75, 3.05) is 0 Å². The number of carbonyl (C=O) groups is 2. The molecule has 1 N–H and O–H groups in total. The largest absolute Gasteiger partial charge is 0.480 e. The van der Waals surface area contributed by atoms with Crippen LogP contribution < -0.4 is 4.74 Å². The second-order valence-corrected chi connectivity index (χ2v) is 6.95. The lowest BCUT2D eigenvalue weighted by Gasteiger charge is -2.34. The number of benzene rings is 1. The third kappa shape index (κ3) is 2.53. The second kappa shape index (κ2) is 5.82.